The van der Waals surface area contributed by atoms with E-state index in [9.17, 15) is 14.4 Å². The predicted octanol–water partition coefficient (Wildman–Crippen LogP) is 4.99. The summed E-state index contributed by atoms with van der Waals surface area (Å²) in [6, 6.07) is 6.14. The Balaban J connectivity index is 3.41. The Morgan fingerprint density at radius 3 is 2.00 bits per heavy atom. The molecular formula is C27H45N3O4. The number of nitrogens with one attached hydrogen (secondary N) is 2. The number of alkyl carbamates (subject to hydrolysis) is 1. The Morgan fingerprint density at radius 2 is 1.56 bits per heavy atom. The fourth-order valence-corrected chi connectivity index (χ4v) is 3.72. The molecule has 1 aromatic carbocycles. The average Bonchev–Trinajstić information content (AvgIpc) is 2.70. The van der Waals surface area contributed by atoms with Crippen LogP contribution in [0.1, 0.15) is 92.3 Å². The van der Waals surface area contributed by atoms with Crippen molar-refractivity contribution in [3.63, 3.8) is 0 Å². The Kier molecular flexibility index (Phi) is 11.6. The Labute approximate surface area is 206 Å². The largest absolute Gasteiger partial charge is 0.444 e. The van der Waals surface area contributed by atoms with Crippen molar-refractivity contribution in [2.45, 2.75) is 105 Å². The summed E-state index contributed by atoms with van der Waals surface area (Å²) < 4.78 is 5.41. The van der Waals surface area contributed by atoms with Gasteiger partial charge < -0.3 is 20.3 Å². The topological polar surface area (TPSA) is 87.7 Å². The maximum atomic E-state index is 13.9. The third-order valence-electron chi connectivity index (χ3n) is 5.14. The van der Waals surface area contributed by atoms with Gasteiger partial charge in [0, 0.05) is 12.6 Å². The summed E-state index contributed by atoms with van der Waals surface area (Å²) in [5.74, 6) is -0.370. The van der Waals surface area contributed by atoms with E-state index < -0.39 is 23.8 Å². The third-order valence-corrected chi connectivity index (χ3v) is 5.14. The predicted molar refractivity (Wildman–Crippen MR) is 136 cm³/mol. The highest BCUT2D eigenvalue weighted by Crippen LogP contribution is 2.25. The van der Waals surface area contributed by atoms with Crippen molar-refractivity contribution in [1.82, 2.24) is 15.5 Å². The average molecular weight is 476 g/mol. The highest BCUT2D eigenvalue weighted by Gasteiger charge is 2.36. The van der Waals surface area contributed by atoms with Crippen molar-refractivity contribution >= 4 is 17.9 Å². The van der Waals surface area contributed by atoms with E-state index >= 15 is 0 Å². The molecule has 0 heterocycles. The highest BCUT2D eigenvalue weighted by atomic mass is 16.6. The van der Waals surface area contributed by atoms with E-state index in [4.69, 9.17) is 4.74 Å². The molecule has 2 N–H and O–H groups in total. The van der Waals surface area contributed by atoms with Gasteiger partial charge in [0.05, 0.1) is 0 Å². The van der Waals surface area contributed by atoms with Crippen molar-refractivity contribution in [2.24, 2.45) is 5.92 Å². The molecule has 192 valence electrons. The van der Waals surface area contributed by atoms with Gasteiger partial charge in [0.2, 0.25) is 11.8 Å². The van der Waals surface area contributed by atoms with Gasteiger partial charge in [-0.25, -0.2) is 4.79 Å². The van der Waals surface area contributed by atoms with E-state index in [0.29, 0.717) is 19.4 Å². The number of aryl methyl sites for hydroxylation is 1. The standard InChI is InChI=1S/C27H45N3O4/c1-10-16-30(25(32)22(17-18(3)4)29-26(33)34-27(7,8)9)23(24(31)28-19(5)6)21-14-12-20(11-2)13-15-21/h12-15,18-19,22-23H,10-11,16-17H2,1-9H3,(H,28,31)(H,29,33). The first-order valence-electron chi connectivity index (χ1n) is 12.5. The lowest BCUT2D eigenvalue weighted by Gasteiger charge is -2.35. The number of nitrogens with zero attached hydrogens (tertiary/aromatic N) is 1. The molecule has 0 spiro atoms. The van der Waals surface area contributed by atoms with E-state index in [1.807, 2.05) is 58.9 Å². The zero-order valence-corrected chi connectivity index (χ0v) is 22.5. The van der Waals surface area contributed by atoms with Crippen LogP contribution in [-0.4, -0.2) is 47.0 Å². The number of amides is 3. The molecule has 7 heteroatoms. The third kappa shape index (κ3) is 9.74. The van der Waals surface area contributed by atoms with Crippen LogP contribution in [0.4, 0.5) is 4.79 Å². The quantitative estimate of drug-likeness (QED) is 0.472. The molecule has 0 aliphatic rings. The monoisotopic (exact) mass is 475 g/mol. The van der Waals surface area contributed by atoms with E-state index in [-0.39, 0.29) is 23.8 Å². The van der Waals surface area contributed by atoms with Crippen LogP contribution in [0.2, 0.25) is 0 Å². The van der Waals surface area contributed by atoms with Crippen molar-refractivity contribution in [3.05, 3.63) is 35.4 Å². The zero-order chi connectivity index (χ0) is 26.1. The van der Waals surface area contributed by atoms with Gasteiger partial charge in [0.25, 0.3) is 0 Å². The molecule has 0 saturated heterocycles. The number of benzene rings is 1. The second kappa shape index (κ2) is 13.4. The zero-order valence-electron chi connectivity index (χ0n) is 22.5. The molecule has 0 aromatic heterocycles. The molecule has 0 bridgehead atoms. The molecule has 0 aliphatic carbocycles. The number of hydrogen-bond donors (Lipinski definition) is 2. The minimum atomic E-state index is -0.800. The maximum absolute atomic E-state index is 13.9. The van der Waals surface area contributed by atoms with Crippen LogP contribution >= 0.6 is 0 Å². The van der Waals surface area contributed by atoms with Gasteiger partial charge >= 0.3 is 6.09 Å². The molecule has 1 aromatic rings. The van der Waals surface area contributed by atoms with Crippen LogP contribution < -0.4 is 10.6 Å². The molecule has 2 unspecified atom stereocenters. The number of carbonyl (C=O) groups is 3. The highest BCUT2D eigenvalue weighted by molar-refractivity contribution is 5.92. The maximum Gasteiger partial charge on any atom is 0.408 e. The first-order chi connectivity index (χ1) is 15.8. The summed E-state index contributed by atoms with van der Waals surface area (Å²) in [5.41, 5.74) is 1.22. The Morgan fingerprint density at radius 1 is 0.971 bits per heavy atom. The van der Waals surface area contributed by atoms with Crippen molar-refractivity contribution in [3.8, 4) is 0 Å². The van der Waals surface area contributed by atoms with E-state index in [1.54, 1.807) is 25.7 Å². The molecule has 34 heavy (non-hydrogen) atoms. The van der Waals surface area contributed by atoms with Gasteiger partial charge in [0.15, 0.2) is 0 Å². The van der Waals surface area contributed by atoms with Crippen LogP contribution in [0, 0.1) is 5.92 Å². The van der Waals surface area contributed by atoms with Gasteiger partial charge in [-0.1, -0.05) is 52.0 Å². The number of hydrogen-bond acceptors (Lipinski definition) is 4. The number of ether oxygens (including phenoxy) is 1. The lowest BCUT2D eigenvalue weighted by atomic mass is 9.98. The second-order valence-electron chi connectivity index (χ2n) is 10.5. The van der Waals surface area contributed by atoms with Crippen molar-refractivity contribution in [1.29, 1.82) is 0 Å². The van der Waals surface area contributed by atoms with Crippen LogP contribution in [0.3, 0.4) is 0 Å². The summed E-state index contributed by atoms with van der Waals surface area (Å²) in [7, 11) is 0. The fourth-order valence-electron chi connectivity index (χ4n) is 3.72. The molecule has 0 aliphatic heterocycles. The normalized spacial score (nSPS) is 13.4. The van der Waals surface area contributed by atoms with Crippen molar-refractivity contribution < 1.29 is 19.1 Å². The molecule has 0 fully saturated rings. The summed E-state index contributed by atoms with van der Waals surface area (Å²) in [6.45, 7) is 17.5. The molecule has 0 saturated carbocycles. The van der Waals surface area contributed by atoms with Gasteiger partial charge in [-0.3, -0.25) is 9.59 Å². The van der Waals surface area contributed by atoms with Gasteiger partial charge in [-0.05, 0) is 70.9 Å². The first kappa shape index (κ1) is 29.5. The van der Waals surface area contributed by atoms with Crippen LogP contribution in [-0.2, 0) is 20.7 Å². The first-order valence-corrected chi connectivity index (χ1v) is 12.5. The minimum absolute atomic E-state index is 0.0742. The Bertz CT molecular complexity index is 797. The van der Waals surface area contributed by atoms with E-state index in [0.717, 1.165) is 17.5 Å². The lowest BCUT2D eigenvalue weighted by Crippen LogP contribution is -2.54. The van der Waals surface area contributed by atoms with Gasteiger partial charge in [-0.15, -0.1) is 0 Å². The molecule has 2 atom stereocenters. The van der Waals surface area contributed by atoms with Gasteiger partial charge in [0.1, 0.15) is 17.7 Å². The van der Waals surface area contributed by atoms with Crippen molar-refractivity contribution in [2.75, 3.05) is 6.54 Å². The van der Waals surface area contributed by atoms with Crippen LogP contribution in [0.15, 0.2) is 24.3 Å². The summed E-state index contributed by atoms with van der Waals surface area (Å²) in [6.07, 6.45) is 1.35. The number of carbonyl (C=O) groups excluding carboxylic acids is 3. The lowest BCUT2D eigenvalue weighted by molar-refractivity contribution is -0.143. The summed E-state index contributed by atoms with van der Waals surface area (Å²) >= 11 is 0. The fraction of sp³-hybridized carbons (Fsp3) is 0.667. The molecular weight excluding hydrogens is 430 g/mol. The Hall–Kier alpha value is -2.57. The minimum Gasteiger partial charge on any atom is -0.444 e. The molecule has 1 rings (SSSR count). The summed E-state index contributed by atoms with van der Waals surface area (Å²) in [5, 5.41) is 5.73. The second-order valence-corrected chi connectivity index (χ2v) is 10.5. The molecule has 7 nitrogen and oxygen atoms in total. The van der Waals surface area contributed by atoms with E-state index in [2.05, 4.69) is 17.6 Å². The molecule has 0 radical (unpaired) electrons. The van der Waals surface area contributed by atoms with Crippen LogP contribution in [0.25, 0.3) is 0 Å². The van der Waals surface area contributed by atoms with E-state index in [1.165, 1.54) is 0 Å². The molecule has 3 amide bonds. The van der Waals surface area contributed by atoms with Gasteiger partial charge in [-0.2, -0.15) is 0 Å². The summed E-state index contributed by atoms with van der Waals surface area (Å²) in [4.78, 5) is 41.4. The van der Waals surface area contributed by atoms with Crippen LogP contribution in [0.5, 0.6) is 0 Å². The SMILES string of the molecule is CCCN(C(=O)C(CC(C)C)NC(=O)OC(C)(C)C)C(C(=O)NC(C)C)c1ccc(CC)cc1. The number of rotatable bonds is 11. The smallest absolute Gasteiger partial charge is 0.408 e.